The monoisotopic (exact) mass is 643 g/mol. The number of alkyl halides is 2. The minimum Gasteiger partial charge on any atom is -0.443 e. The van der Waals surface area contributed by atoms with Crippen molar-refractivity contribution in [3.63, 3.8) is 0 Å². The fourth-order valence-electron chi connectivity index (χ4n) is 3.44. The SMILES string of the molecule is [B-]P(=O)(OC[C@H]1O[C@@H](n2cnc3c(N)nc(Cl)nc32)[C@@H]2OC(OC)O[C@@H]21)OP(=O)(O)C(Cl)(Cl)P(=O)(O)O. The van der Waals surface area contributed by atoms with E-state index >= 15 is 0 Å². The van der Waals surface area contributed by atoms with E-state index in [-0.39, 0.29) is 22.3 Å². The maximum Gasteiger partial charge on any atom is 0.381 e. The van der Waals surface area contributed by atoms with Crippen molar-refractivity contribution in [1.82, 2.24) is 19.5 Å². The fraction of sp³-hybridized carbons (Fsp3) is 0.615. The van der Waals surface area contributed by atoms with Crippen molar-refractivity contribution in [2.45, 2.75) is 34.8 Å². The molecule has 0 spiro atoms. The van der Waals surface area contributed by atoms with Gasteiger partial charge in [-0.1, -0.05) is 23.2 Å². The lowest BCUT2D eigenvalue weighted by Gasteiger charge is -2.33. The highest BCUT2D eigenvalue weighted by Crippen LogP contribution is 2.79. The number of imidazole rings is 1. The molecule has 37 heavy (non-hydrogen) atoms. The highest BCUT2D eigenvalue weighted by atomic mass is 35.5. The lowest BCUT2D eigenvalue weighted by atomic mass is 10.1. The number of hydrogen-bond acceptors (Lipinski definition) is 13. The van der Waals surface area contributed by atoms with Crippen LogP contribution < -0.4 is 5.73 Å². The second-order valence-corrected chi connectivity index (χ2v) is 16.0. The second kappa shape index (κ2) is 10.2. The van der Waals surface area contributed by atoms with Crippen LogP contribution in [0.3, 0.4) is 0 Å². The molecule has 3 radical (unpaired) electrons. The van der Waals surface area contributed by atoms with Crippen LogP contribution in [0.2, 0.25) is 5.28 Å². The standard InChI is InChI=1S/C13H16BCl3N5O12P3/c1-29-12-32-6-4(2-30-37(14,28)34-36(26,27)13(16,17)35(23,24)25)31-10(7(6)33-12)22-3-19-5-8(18)20-11(15)21-9(5)22/h3-4,6-7,10,12H,2H2,1H3,(H,26,27)(H2,18,20,21)(H2,23,24,25)/q-1/t4-,6-,7-,10-,12?,37?/m1/s1. The number of nitrogen functional groups attached to an aromatic ring is 1. The molecule has 3 unspecified atom stereocenters. The Morgan fingerprint density at radius 3 is 2.46 bits per heavy atom. The topological polar surface area (TPSA) is 237 Å². The number of methoxy groups -OCH3 is 1. The average Bonchev–Trinajstić information content (AvgIpc) is 3.44. The minimum absolute atomic E-state index is 0.00107. The molecule has 7 atom stereocenters. The largest absolute Gasteiger partial charge is 0.443 e. The Labute approximate surface area is 223 Å². The third-order valence-electron chi connectivity index (χ3n) is 5.04. The molecule has 0 saturated carbocycles. The van der Waals surface area contributed by atoms with Crippen molar-refractivity contribution in [2.75, 3.05) is 19.5 Å². The number of fused-ring (bicyclic) bond motifs is 2. The van der Waals surface area contributed by atoms with E-state index in [1.807, 2.05) is 0 Å². The minimum atomic E-state index is -5.74. The van der Waals surface area contributed by atoms with Crippen LogP contribution in [0.1, 0.15) is 6.23 Å². The Balaban J connectivity index is 1.55. The van der Waals surface area contributed by atoms with E-state index in [9.17, 15) is 18.6 Å². The lowest BCUT2D eigenvalue weighted by molar-refractivity contribution is -0.256. The van der Waals surface area contributed by atoms with Crippen LogP contribution in [0.5, 0.6) is 0 Å². The molecule has 4 rings (SSSR count). The van der Waals surface area contributed by atoms with Crippen LogP contribution >= 0.6 is 57.5 Å². The predicted octanol–water partition coefficient (Wildman–Crippen LogP) is 1.44. The Hall–Kier alpha value is -0.385. The van der Waals surface area contributed by atoms with Gasteiger partial charge >= 0.3 is 19.0 Å². The number of aromatic nitrogens is 4. The first-order valence-corrected chi connectivity index (χ1v) is 15.6. The van der Waals surface area contributed by atoms with Crippen molar-refractivity contribution in [2.24, 2.45) is 0 Å². The second-order valence-electron chi connectivity index (χ2n) is 7.48. The van der Waals surface area contributed by atoms with Gasteiger partial charge < -0.3 is 56.0 Å². The van der Waals surface area contributed by atoms with Crippen molar-refractivity contribution in [3.8, 4) is 0 Å². The third kappa shape index (κ3) is 5.62. The summed E-state index contributed by atoms with van der Waals surface area (Å²) in [7, 11) is -9.78. The van der Waals surface area contributed by atoms with Gasteiger partial charge in [0.05, 0.1) is 20.4 Å². The van der Waals surface area contributed by atoms with E-state index in [2.05, 4.69) is 19.3 Å². The molecule has 2 aliphatic rings. The molecule has 2 saturated heterocycles. The van der Waals surface area contributed by atoms with Crippen LogP contribution in [-0.4, -0.2) is 84.1 Å². The molecule has 205 valence electrons. The number of hydrogen-bond donors (Lipinski definition) is 4. The van der Waals surface area contributed by atoms with Gasteiger partial charge in [-0.25, -0.2) is 4.98 Å². The van der Waals surface area contributed by atoms with E-state index in [0.717, 1.165) is 0 Å². The summed E-state index contributed by atoms with van der Waals surface area (Å²) in [5.74, 6) is 0.00107. The molecule has 0 aliphatic carbocycles. The first-order chi connectivity index (χ1) is 17.0. The summed E-state index contributed by atoms with van der Waals surface area (Å²) >= 11 is 16.5. The van der Waals surface area contributed by atoms with E-state index in [1.165, 1.54) is 18.0 Å². The van der Waals surface area contributed by atoms with Gasteiger partial charge in [-0.3, -0.25) is 18.0 Å². The Kier molecular flexibility index (Phi) is 8.18. The number of nitrogens with two attached hydrogens (primary N) is 1. The van der Waals surface area contributed by atoms with Gasteiger partial charge in [-0.15, -0.1) is 0 Å². The van der Waals surface area contributed by atoms with Crippen LogP contribution in [0.25, 0.3) is 11.2 Å². The third-order valence-corrected chi connectivity index (χ3v) is 13.0. The first-order valence-electron chi connectivity index (χ1n) is 9.63. The normalized spacial score (nSPS) is 29.8. The van der Waals surface area contributed by atoms with Gasteiger partial charge in [-0.05, 0) is 11.6 Å². The van der Waals surface area contributed by atoms with Crippen LogP contribution in [-0.2, 0) is 41.5 Å². The number of ether oxygens (including phenoxy) is 4. The van der Waals surface area contributed by atoms with Crippen molar-refractivity contribution in [3.05, 3.63) is 11.6 Å². The zero-order valence-corrected chi connectivity index (χ0v) is 23.1. The Morgan fingerprint density at radius 1 is 1.19 bits per heavy atom. The van der Waals surface area contributed by atoms with Crippen LogP contribution in [0.4, 0.5) is 5.82 Å². The summed E-state index contributed by atoms with van der Waals surface area (Å²) in [5.41, 5.74) is 6.22. The summed E-state index contributed by atoms with van der Waals surface area (Å²) in [6, 6.07) is 0. The summed E-state index contributed by atoms with van der Waals surface area (Å²) in [6.45, 7) is -1.85. The number of anilines is 1. The first kappa shape index (κ1) is 29.6. The van der Waals surface area contributed by atoms with Gasteiger partial charge in [0, 0.05) is 7.11 Å². The van der Waals surface area contributed by atoms with Crippen LogP contribution in [0.15, 0.2) is 6.33 Å². The quantitative estimate of drug-likeness (QED) is 0.131. The molecule has 2 aromatic heterocycles. The van der Waals surface area contributed by atoms with Gasteiger partial charge in [-0.2, -0.15) is 9.97 Å². The number of nitrogens with zero attached hydrogens (tertiary/aromatic N) is 4. The van der Waals surface area contributed by atoms with E-state index in [0.29, 0.717) is 0 Å². The number of rotatable bonds is 9. The summed E-state index contributed by atoms with van der Waals surface area (Å²) in [5, 5.41) is -0.167. The van der Waals surface area contributed by atoms with E-state index < -0.39 is 64.1 Å². The zero-order chi connectivity index (χ0) is 27.6. The lowest BCUT2D eigenvalue weighted by Crippen LogP contribution is -2.32. The molecule has 17 nitrogen and oxygen atoms in total. The predicted molar refractivity (Wildman–Crippen MR) is 126 cm³/mol. The molecule has 0 amide bonds. The summed E-state index contributed by atoms with van der Waals surface area (Å²) < 4.78 is 65.4. The van der Waals surface area contributed by atoms with Crippen LogP contribution in [0, 0.1) is 0 Å². The molecule has 2 fully saturated rings. The van der Waals surface area contributed by atoms with E-state index in [4.69, 9.17) is 81.4 Å². The highest BCUT2D eigenvalue weighted by Gasteiger charge is 2.61. The molecule has 2 aliphatic heterocycles. The Bertz CT molecular complexity index is 1350. The van der Waals surface area contributed by atoms with Crippen molar-refractivity contribution < 1.29 is 56.2 Å². The van der Waals surface area contributed by atoms with Gasteiger partial charge in [0.1, 0.15) is 23.8 Å². The van der Waals surface area contributed by atoms with Crippen molar-refractivity contribution in [1.29, 1.82) is 0 Å². The Morgan fingerprint density at radius 2 is 1.84 bits per heavy atom. The molecular weight excluding hydrogens is 628 g/mol. The molecule has 2 aromatic rings. The van der Waals surface area contributed by atoms with Gasteiger partial charge in [0.15, 0.2) is 17.7 Å². The zero-order valence-electron chi connectivity index (χ0n) is 18.1. The maximum absolute atomic E-state index is 12.6. The van der Waals surface area contributed by atoms with Gasteiger partial charge in [0.2, 0.25) is 5.28 Å². The van der Waals surface area contributed by atoms with Crippen molar-refractivity contribution >= 4 is 82.0 Å². The molecular formula is C13H16BCl3N5O12P3-. The van der Waals surface area contributed by atoms with Gasteiger partial charge in [0.25, 0.3) is 6.48 Å². The molecule has 0 aromatic carbocycles. The smallest absolute Gasteiger partial charge is 0.381 e. The average molecular weight is 644 g/mol. The fourth-order valence-corrected chi connectivity index (χ4v) is 7.98. The molecule has 0 bridgehead atoms. The summed E-state index contributed by atoms with van der Waals surface area (Å²) in [6.07, 6.45) is -2.65. The number of halogens is 3. The molecule has 5 N–H and O–H groups in total. The molecule has 24 heteroatoms. The highest BCUT2D eigenvalue weighted by molar-refractivity contribution is 7.88. The summed E-state index contributed by atoms with van der Waals surface area (Å²) in [4.78, 5) is 40.1. The maximum atomic E-state index is 12.6. The molecule has 4 heterocycles. The van der Waals surface area contributed by atoms with E-state index in [1.54, 1.807) is 0 Å².